The number of benzene rings is 2. The Morgan fingerprint density at radius 2 is 1.62 bits per heavy atom. The predicted molar refractivity (Wildman–Crippen MR) is 130 cm³/mol. The molecule has 10 heteroatoms. The Labute approximate surface area is 201 Å². The molecule has 1 amide bonds. The Morgan fingerprint density at radius 1 is 0.941 bits per heavy atom. The topological polar surface area (TPSA) is 100 Å². The number of methoxy groups -OCH3 is 3. The molecule has 2 heterocycles. The summed E-state index contributed by atoms with van der Waals surface area (Å²) >= 11 is 1.29. The van der Waals surface area contributed by atoms with Crippen molar-refractivity contribution in [3.05, 3.63) is 67.0 Å². The number of hydrogen-bond donors (Lipinski definition) is 1. The summed E-state index contributed by atoms with van der Waals surface area (Å²) in [6.45, 7) is 0. The van der Waals surface area contributed by atoms with Crippen LogP contribution in [0.5, 0.6) is 17.2 Å². The highest BCUT2D eigenvalue weighted by molar-refractivity contribution is 7.99. The number of carbonyl (C=O) groups is 1. The molecule has 4 aromatic rings. The van der Waals surface area contributed by atoms with Gasteiger partial charge in [0.25, 0.3) is 0 Å². The molecule has 2 aromatic carbocycles. The summed E-state index contributed by atoms with van der Waals surface area (Å²) in [6, 6.07) is 16.9. The van der Waals surface area contributed by atoms with E-state index in [0.717, 1.165) is 11.3 Å². The van der Waals surface area contributed by atoms with E-state index in [2.05, 4.69) is 20.5 Å². The van der Waals surface area contributed by atoms with Gasteiger partial charge in [0.05, 0.1) is 27.1 Å². The Hall–Kier alpha value is -4.05. The minimum Gasteiger partial charge on any atom is -0.493 e. The second-order valence-electron chi connectivity index (χ2n) is 6.96. The summed E-state index contributed by atoms with van der Waals surface area (Å²) < 4.78 is 18.0. The molecule has 0 saturated heterocycles. The zero-order valence-corrected chi connectivity index (χ0v) is 19.7. The van der Waals surface area contributed by atoms with E-state index in [9.17, 15) is 4.79 Å². The van der Waals surface area contributed by atoms with Crippen molar-refractivity contribution in [2.45, 2.75) is 5.16 Å². The third kappa shape index (κ3) is 4.96. The smallest absolute Gasteiger partial charge is 0.234 e. The Bertz CT molecular complexity index is 1240. The number of hydrogen-bond acceptors (Lipinski definition) is 8. The van der Waals surface area contributed by atoms with Crippen LogP contribution in [0.3, 0.4) is 0 Å². The van der Waals surface area contributed by atoms with Gasteiger partial charge >= 0.3 is 0 Å². The van der Waals surface area contributed by atoms with Gasteiger partial charge in [-0.2, -0.15) is 0 Å². The summed E-state index contributed by atoms with van der Waals surface area (Å²) in [6.07, 6.45) is 3.41. The number of anilines is 1. The molecule has 0 atom stereocenters. The quantitative estimate of drug-likeness (QED) is 0.360. The second kappa shape index (κ2) is 10.7. The molecule has 0 aliphatic heterocycles. The van der Waals surface area contributed by atoms with E-state index < -0.39 is 0 Å². The van der Waals surface area contributed by atoms with Crippen molar-refractivity contribution in [1.82, 2.24) is 19.7 Å². The van der Waals surface area contributed by atoms with Crippen molar-refractivity contribution in [2.24, 2.45) is 0 Å². The van der Waals surface area contributed by atoms with E-state index in [1.165, 1.54) is 33.1 Å². The number of aromatic nitrogens is 4. The highest BCUT2D eigenvalue weighted by Gasteiger charge is 2.18. The molecule has 2 aromatic heterocycles. The highest BCUT2D eigenvalue weighted by Crippen LogP contribution is 2.40. The van der Waals surface area contributed by atoms with E-state index in [0.29, 0.717) is 33.9 Å². The minimum absolute atomic E-state index is 0.123. The van der Waals surface area contributed by atoms with E-state index >= 15 is 0 Å². The number of nitrogens with one attached hydrogen (secondary N) is 1. The number of rotatable bonds is 9. The fourth-order valence-corrected chi connectivity index (χ4v) is 4.09. The SMILES string of the molecule is COc1cc(NC(=O)CSc2nnc(-c3ccncc3)n2-c2ccccc2)cc(OC)c1OC. The third-order valence-electron chi connectivity index (χ3n) is 4.87. The molecule has 9 nitrogen and oxygen atoms in total. The van der Waals surface area contributed by atoms with Crippen molar-refractivity contribution in [1.29, 1.82) is 0 Å². The van der Waals surface area contributed by atoms with Crippen LogP contribution in [-0.2, 0) is 4.79 Å². The first-order valence-corrected chi connectivity index (χ1v) is 11.3. The Balaban J connectivity index is 1.55. The third-order valence-corrected chi connectivity index (χ3v) is 5.80. The van der Waals surface area contributed by atoms with Crippen LogP contribution in [-0.4, -0.2) is 52.7 Å². The zero-order chi connectivity index (χ0) is 23.9. The molecule has 0 bridgehead atoms. The van der Waals surface area contributed by atoms with E-state index in [1.807, 2.05) is 47.0 Å². The number of pyridine rings is 1. The molecule has 0 saturated carbocycles. The van der Waals surface area contributed by atoms with Gasteiger partial charge in [-0.25, -0.2) is 0 Å². The van der Waals surface area contributed by atoms with Gasteiger partial charge in [-0.1, -0.05) is 30.0 Å². The predicted octanol–water partition coefficient (Wildman–Crippen LogP) is 4.09. The highest BCUT2D eigenvalue weighted by atomic mass is 32.2. The van der Waals surface area contributed by atoms with Crippen LogP contribution in [0, 0.1) is 0 Å². The number of para-hydroxylation sites is 1. The van der Waals surface area contributed by atoms with E-state index in [-0.39, 0.29) is 11.7 Å². The summed E-state index contributed by atoms with van der Waals surface area (Å²) in [5.41, 5.74) is 2.30. The molecule has 0 aliphatic rings. The van der Waals surface area contributed by atoms with E-state index in [1.54, 1.807) is 24.5 Å². The van der Waals surface area contributed by atoms with Crippen LogP contribution >= 0.6 is 11.8 Å². The van der Waals surface area contributed by atoms with Gasteiger partial charge < -0.3 is 19.5 Å². The first-order chi connectivity index (χ1) is 16.6. The number of ether oxygens (including phenoxy) is 3. The Morgan fingerprint density at radius 3 is 2.24 bits per heavy atom. The monoisotopic (exact) mass is 477 g/mol. The van der Waals surface area contributed by atoms with Gasteiger partial charge in [-0.3, -0.25) is 14.3 Å². The average Bonchev–Trinajstić information content (AvgIpc) is 3.32. The number of thioether (sulfide) groups is 1. The summed E-state index contributed by atoms with van der Waals surface area (Å²) in [4.78, 5) is 16.8. The standard InChI is InChI=1S/C24H23N5O4S/c1-31-19-13-17(14-20(32-2)22(19)33-3)26-21(30)15-34-24-28-27-23(16-9-11-25-12-10-16)29(24)18-7-5-4-6-8-18/h4-14H,15H2,1-3H3,(H,26,30). The lowest BCUT2D eigenvalue weighted by Crippen LogP contribution is -2.15. The molecule has 0 spiro atoms. The Kier molecular flexibility index (Phi) is 7.28. The molecule has 0 radical (unpaired) electrons. The molecule has 4 rings (SSSR count). The zero-order valence-electron chi connectivity index (χ0n) is 18.9. The van der Waals surface area contributed by atoms with Gasteiger partial charge in [-0.05, 0) is 24.3 Å². The molecule has 0 unspecified atom stereocenters. The molecular weight excluding hydrogens is 454 g/mol. The van der Waals surface area contributed by atoms with Crippen LogP contribution in [0.2, 0.25) is 0 Å². The van der Waals surface area contributed by atoms with E-state index in [4.69, 9.17) is 14.2 Å². The second-order valence-corrected chi connectivity index (χ2v) is 7.91. The van der Waals surface area contributed by atoms with Crippen LogP contribution in [0.4, 0.5) is 5.69 Å². The number of nitrogens with zero attached hydrogens (tertiary/aromatic N) is 4. The summed E-state index contributed by atoms with van der Waals surface area (Å²) in [5, 5.41) is 12.2. The molecule has 1 N–H and O–H groups in total. The summed E-state index contributed by atoms with van der Waals surface area (Å²) in [5.74, 6) is 1.94. The lowest BCUT2D eigenvalue weighted by atomic mass is 10.2. The fourth-order valence-electron chi connectivity index (χ4n) is 3.34. The van der Waals surface area contributed by atoms with Gasteiger partial charge in [0.15, 0.2) is 22.5 Å². The number of carbonyl (C=O) groups excluding carboxylic acids is 1. The van der Waals surface area contributed by atoms with Gasteiger partial charge in [0.1, 0.15) is 0 Å². The molecule has 0 fully saturated rings. The number of amides is 1. The van der Waals surface area contributed by atoms with Gasteiger partial charge in [0, 0.05) is 41.5 Å². The van der Waals surface area contributed by atoms with Crippen LogP contribution in [0.1, 0.15) is 0 Å². The first kappa shape index (κ1) is 23.1. The molecular formula is C24H23N5O4S. The first-order valence-electron chi connectivity index (χ1n) is 10.3. The van der Waals surface area contributed by atoms with Crippen molar-refractivity contribution < 1.29 is 19.0 Å². The maximum absolute atomic E-state index is 12.8. The summed E-state index contributed by atoms with van der Waals surface area (Å²) in [7, 11) is 4.57. The lowest BCUT2D eigenvalue weighted by molar-refractivity contribution is -0.113. The maximum atomic E-state index is 12.8. The molecule has 34 heavy (non-hydrogen) atoms. The lowest BCUT2D eigenvalue weighted by Gasteiger charge is -2.14. The van der Waals surface area contributed by atoms with Crippen molar-refractivity contribution >= 4 is 23.4 Å². The van der Waals surface area contributed by atoms with Crippen molar-refractivity contribution in [3.63, 3.8) is 0 Å². The average molecular weight is 478 g/mol. The molecule has 0 aliphatic carbocycles. The van der Waals surface area contributed by atoms with Gasteiger partial charge in [0.2, 0.25) is 11.7 Å². The normalized spacial score (nSPS) is 10.6. The van der Waals surface area contributed by atoms with Gasteiger partial charge in [-0.15, -0.1) is 10.2 Å². The minimum atomic E-state index is -0.215. The fraction of sp³-hybridized carbons (Fsp3) is 0.167. The largest absolute Gasteiger partial charge is 0.493 e. The molecule has 174 valence electrons. The van der Waals surface area contributed by atoms with Crippen molar-refractivity contribution in [2.75, 3.05) is 32.4 Å². The van der Waals surface area contributed by atoms with Crippen molar-refractivity contribution in [3.8, 4) is 34.3 Å². The van der Waals surface area contributed by atoms with Crippen LogP contribution in [0.25, 0.3) is 17.1 Å². The maximum Gasteiger partial charge on any atom is 0.234 e. The van der Waals surface area contributed by atoms with Crippen LogP contribution < -0.4 is 19.5 Å². The van der Waals surface area contributed by atoms with Crippen LogP contribution in [0.15, 0.2) is 72.1 Å².